The monoisotopic (exact) mass is 291 g/mol. The molecule has 0 bridgehead atoms. The van der Waals surface area contributed by atoms with Crippen LogP contribution in [0.4, 0.5) is 9.18 Å². The molecular formula is C17H22FNO2. The van der Waals surface area contributed by atoms with E-state index in [1.54, 1.807) is 11.0 Å². The molecule has 0 unspecified atom stereocenters. The SMILES string of the molecule is Cc1ccc(C2=CCN(C(=O)OC(C)(C)C)CC2)c(F)c1. The molecule has 0 saturated heterocycles. The van der Waals surface area contributed by atoms with Gasteiger partial charge in [0.15, 0.2) is 0 Å². The van der Waals surface area contributed by atoms with Crippen LogP contribution >= 0.6 is 0 Å². The lowest BCUT2D eigenvalue weighted by Crippen LogP contribution is -2.39. The van der Waals surface area contributed by atoms with E-state index in [1.165, 1.54) is 6.07 Å². The zero-order chi connectivity index (χ0) is 15.6. The number of hydrogen-bond acceptors (Lipinski definition) is 2. The number of hydrogen-bond donors (Lipinski definition) is 0. The number of benzene rings is 1. The summed E-state index contributed by atoms with van der Waals surface area (Å²) in [6, 6.07) is 5.25. The Morgan fingerprint density at radius 3 is 2.57 bits per heavy atom. The topological polar surface area (TPSA) is 29.5 Å². The Kier molecular flexibility index (Phi) is 4.35. The lowest BCUT2D eigenvalue weighted by molar-refractivity contribution is 0.0270. The van der Waals surface area contributed by atoms with Gasteiger partial charge in [-0.1, -0.05) is 18.2 Å². The molecule has 0 aliphatic carbocycles. The van der Waals surface area contributed by atoms with Crippen LogP contribution in [0.15, 0.2) is 24.3 Å². The molecule has 1 aliphatic rings. The minimum atomic E-state index is -0.496. The molecule has 21 heavy (non-hydrogen) atoms. The Labute approximate surface area is 125 Å². The molecule has 114 valence electrons. The van der Waals surface area contributed by atoms with E-state index in [9.17, 15) is 9.18 Å². The number of nitrogens with zero attached hydrogens (tertiary/aromatic N) is 1. The van der Waals surface area contributed by atoms with Gasteiger partial charge in [0, 0.05) is 18.7 Å². The first kappa shape index (κ1) is 15.5. The molecule has 0 spiro atoms. The van der Waals surface area contributed by atoms with Gasteiger partial charge in [-0.05, 0) is 51.3 Å². The summed E-state index contributed by atoms with van der Waals surface area (Å²) in [5, 5.41) is 0. The highest BCUT2D eigenvalue weighted by Gasteiger charge is 2.24. The van der Waals surface area contributed by atoms with E-state index in [-0.39, 0.29) is 11.9 Å². The van der Waals surface area contributed by atoms with E-state index in [1.807, 2.05) is 39.8 Å². The number of ether oxygens (including phenoxy) is 1. The minimum Gasteiger partial charge on any atom is -0.444 e. The van der Waals surface area contributed by atoms with Gasteiger partial charge in [-0.3, -0.25) is 0 Å². The van der Waals surface area contributed by atoms with Gasteiger partial charge in [0.25, 0.3) is 0 Å². The number of carbonyl (C=O) groups is 1. The molecule has 1 heterocycles. The van der Waals surface area contributed by atoms with Crippen molar-refractivity contribution in [1.29, 1.82) is 0 Å². The van der Waals surface area contributed by atoms with Crippen LogP contribution in [0.5, 0.6) is 0 Å². The average molecular weight is 291 g/mol. The van der Waals surface area contributed by atoms with Crippen LogP contribution in [-0.2, 0) is 4.74 Å². The molecule has 0 N–H and O–H groups in total. The summed E-state index contributed by atoms with van der Waals surface area (Å²) in [6.07, 6.45) is 2.22. The Morgan fingerprint density at radius 1 is 1.33 bits per heavy atom. The maximum absolute atomic E-state index is 14.0. The van der Waals surface area contributed by atoms with Crippen molar-refractivity contribution in [3.63, 3.8) is 0 Å². The Balaban J connectivity index is 2.07. The summed E-state index contributed by atoms with van der Waals surface area (Å²) in [6.45, 7) is 8.41. The van der Waals surface area contributed by atoms with Crippen molar-refractivity contribution < 1.29 is 13.9 Å². The Morgan fingerprint density at radius 2 is 2.05 bits per heavy atom. The van der Waals surface area contributed by atoms with Crippen molar-refractivity contribution in [3.8, 4) is 0 Å². The first-order chi connectivity index (χ1) is 9.76. The lowest BCUT2D eigenvalue weighted by Gasteiger charge is -2.29. The van der Waals surface area contributed by atoms with Crippen LogP contribution in [-0.4, -0.2) is 29.7 Å². The van der Waals surface area contributed by atoms with E-state index in [4.69, 9.17) is 4.74 Å². The highest BCUT2D eigenvalue weighted by molar-refractivity contribution is 5.73. The fraction of sp³-hybridized carbons (Fsp3) is 0.471. The number of amides is 1. The van der Waals surface area contributed by atoms with Gasteiger partial charge < -0.3 is 9.64 Å². The van der Waals surface area contributed by atoms with Crippen molar-refractivity contribution in [2.75, 3.05) is 13.1 Å². The normalized spacial score (nSPS) is 15.7. The molecular weight excluding hydrogens is 269 g/mol. The third-order valence-electron chi connectivity index (χ3n) is 3.33. The van der Waals surface area contributed by atoms with Gasteiger partial charge >= 0.3 is 6.09 Å². The van der Waals surface area contributed by atoms with E-state index < -0.39 is 5.60 Å². The summed E-state index contributed by atoms with van der Waals surface area (Å²) in [7, 11) is 0. The fourth-order valence-corrected chi connectivity index (χ4v) is 2.29. The molecule has 1 amide bonds. The van der Waals surface area contributed by atoms with Crippen molar-refractivity contribution in [2.45, 2.75) is 39.7 Å². The molecule has 1 aliphatic heterocycles. The van der Waals surface area contributed by atoms with E-state index in [0.29, 0.717) is 25.1 Å². The van der Waals surface area contributed by atoms with E-state index in [2.05, 4.69) is 0 Å². The molecule has 0 aromatic heterocycles. The maximum Gasteiger partial charge on any atom is 0.410 e. The summed E-state index contributed by atoms with van der Waals surface area (Å²) in [4.78, 5) is 13.6. The first-order valence-electron chi connectivity index (χ1n) is 7.20. The van der Waals surface area contributed by atoms with E-state index in [0.717, 1.165) is 11.1 Å². The van der Waals surface area contributed by atoms with Gasteiger partial charge in [0.2, 0.25) is 0 Å². The number of carbonyl (C=O) groups excluding carboxylic acids is 1. The smallest absolute Gasteiger partial charge is 0.410 e. The van der Waals surface area contributed by atoms with Crippen molar-refractivity contribution in [2.24, 2.45) is 0 Å². The van der Waals surface area contributed by atoms with E-state index >= 15 is 0 Å². The van der Waals surface area contributed by atoms with Crippen molar-refractivity contribution in [1.82, 2.24) is 4.90 Å². The Hall–Kier alpha value is -1.84. The minimum absolute atomic E-state index is 0.202. The largest absolute Gasteiger partial charge is 0.444 e. The third kappa shape index (κ3) is 4.06. The predicted molar refractivity (Wildman–Crippen MR) is 81.5 cm³/mol. The van der Waals surface area contributed by atoms with Gasteiger partial charge in [-0.15, -0.1) is 0 Å². The fourth-order valence-electron chi connectivity index (χ4n) is 2.29. The van der Waals surface area contributed by atoms with Crippen molar-refractivity contribution in [3.05, 3.63) is 41.2 Å². The molecule has 0 radical (unpaired) electrons. The second kappa shape index (κ2) is 5.88. The predicted octanol–water partition coefficient (Wildman–Crippen LogP) is 4.16. The molecule has 1 aromatic rings. The second-order valence-corrected chi connectivity index (χ2v) is 6.39. The second-order valence-electron chi connectivity index (χ2n) is 6.39. The van der Waals surface area contributed by atoms with Gasteiger partial charge in [0.05, 0.1) is 0 Å². The van der Waals surface area contributed by atoms with Crippen LogP contribution < -0.4 is 0 Å². The van der Waals surface area contributed by atoms with Crippen LogP contribution in [0.2, 0.25) is 0 Å². The van der Waals surface area contributed by atoms with Gasteiger partial charge in [0.1, 0.15) is 11.4 Å². The third-order valence-corrected chi connectivity index (χ3v) is 3.33. The Bertz CT molecular complexity index is 573. The van der Waals surface area contributed by atoms with Gasteiger partial charge in [-0.25, -0.2) is 9.18 Å². The highest BCUT2D eigenvalue weighted by atomic mass is 19.1. The molecule has 3 nitrogen and oxygen atoms in total. The summed E-state index contributed by atoms with van der Waals surface area (Å²) in [5.74, 6) is -0.202. The van der Waals surface area contributed by atoms with Crippen LogP contribution in [0.1, 0.15) is 38.3 Å². The van der Waals surface area contributed by atoms with Crippen LogP contribution in [0, 0.1) is 12.7 Å². The molecule has 0 atom stereocenters. The summed E-state index contributed by atoms with van der Waals surface area (Å²) >= 11 is 0. The lowest BCUT2D eigenvalue weighted by atomic mass is 9.98. The number of halogens is 1. The quantitative estimate of drug-likeness (QED) is 0.777. The maximum atomic E-state index is 14.0. The van der Waals surface area contributed by atoms with Gasteiger partial charge in [-0.2, -0.15) is 0 Å². The average Bonchev–Trinajstić information content (AvgIpc) is 2.37. The van der Waals surface area contributed by atoms with Crippen molar-refractivity contribution >= 4 is 11.7 Å². The molecule has 4 heteroatoms. The highest BCUT2D eigenvalue weighted by Crippen LogP contribution is 2.26. The van der Waals surface area contributed by atoms with Crippen LogP contribution in [0.25, 0.3) is 5.57 Å². The number of rotatable bonds is 1. The molecule has 0 saturated carbocycles. The first-order valence-corrected chi connectivity index (χ1v) is 7.20. The molecule has 0 fully saturated rings. The zero-order valence-corrected chi connectivity index (χ0v) is 13.1. The zero-order valence-electron chi connectivity index (χ0n) is 13.1. The summed E-state index contributed by atoms with van der Waals surface area (Å²) in [5.41, 5.74) is 1.99. The molecule has 1 aromatic carbocycles. The summed E-state index contributed by atoms with van der Waals surface area (Å²) < 4.78 is 19.3. The standard InChI is InChI=1S/C17H22FNO2/c1-12-5-6-14(15(18)11-12)13-7-9-19(10-8-13)16(20)21-17(2,3)4/h5-7,11H,8-10H2,1-4H3. The number of aryl methyl sites for hydroxylation is 1. The van der Waals surface area contributed by atoms with Crippen LogP contribution in [0.3, 0.4) is 0 Å². The molecule has 2 rings (SSSR count).